The summed E-state index contributed by atoms with van der Waals surface area (Å²) in [6.07, 6.45) is 2.27. The van der Waals surface area contributed by atoms with Crippen LogP contribution in [0.1, 0.15) is 56.2 Å². The van der Waals surface area contributed by atoms with E-state index in [0.29, 0.717) is 11.8 Å². The molecule has 0 fully saturated rings. The lowest BCUT2D eigenvalue weighted by atomic mass is 9.87. The minimum Gasteiger partial charge on any atom is -0.200 e. The fourth-order valence-electron chi connectivity index (χ4n) is 4.27. The number of hydrogen-bond acceptors (Lipinski definition) is 0. The largest absolute Gasteiger partial charge is 0.213 e. The number of benzene rings is 3. The summed E-state index contributed by atoms with van der Waals surface area (Å²) >= 11 is 0. The van der Waals surface area contributed by atoms with E-state index in [4.69, 9.17) is 0 Å². The summed E-state index contributed by atoms with van der Waals surface area (Å²) in [5.41, 5.74) is 6.91. The van der Waals surface area contributed by atoms with Crippen molar-refractivity contribution < 1.29 is 4.57 Å². The van der Waals surface area contributed by atoms with E-state index in [9.17, 15) is 0 Å². The smallest absolute Gasteiger partial charge is 0.200 e. The van der Waals surface area contributed by atoms with Gasteiger partial charge in [-0.25, -0.2) is 4.57 Å². The maximum Gasteiger partial charge on any atom is 0.213 e. The van der Waals surface area contributed by atoms with Gasteiger partial charge in [-0.1, -0.05) is 58.0 Å². The van der Waals surface area contributed by atoms with Crippen LogP contribution in [0, 0.1) is 6.92 Å². The van der Waals surface area contributed by atoms with Crippen molar-refractivity contribution in [3.8, 4) is 11.3 Å². The molecule has 1 heterocycles. The highest BCUT2D eigenvalue weighted by atomic mass is 14.9. The van der Waals surface area contributed by atoms with Crippen LogP contribution in [-0.2, 0) is 7.05 Å². The number of rotatable bonds is 3. The number of fused-ring (bicyclic) bond motifs is 2. The van der Waals surface area contributed by atoms with Gasteiger partial charge >= 0.3 is 0 Å². The van der Waals surface area contributed by atoms with E-state index in [1.807, 2.05) is 0 Å². The Labute approximate surface area is 168 Å². The molecule has 0 bridgehead atoms. The van der Waals surface area contributed by atoms with Crippen LogP contribution in [0.3, 0.4) is 0 Å². The minimum atomic E-state index is 0.520. The predicted molar refractivity (Wildman–Crippen MR) is 121 cm³/mol. The van der Waals surface area contributed by atoms with Crippen molar-refractivity contribution >= 4 is 21.5 Å². The van der Waals surface area contributed by atoms with Gasteiger partial charge in [-0.3, -0.25) is 0 Å². The molecular formula is C27H30N+. The summed E-state index contributed by atoms with van der Waals surface area (Å²) in [5, 5.41) is 5.17. The lowest BCUT2D eigenvalue weighted by Crippen LogP contribution is -2.30. The van der Waals surface area contributed by atoms with Crippen molar-refractivity contribution in [2.45, 2.75) is 46.5 Å². The van der Waals surface area contributed by atoms with Crippen molar-refractivity contribution in [1.82, 2.24) is 0 Å². The molecule has 0 spiro atoms. The first kappa shape index (κ1) is 18.7. The molecule has 0 saturated carbocycles. The highest BCUT2D eigenvalue weighted by Crippen LogP contribution is 2.33. The lowest BCUT2D eigenvalue weighted by Gasteiger charge is -2.18. The zero-order chi connectivity index (χ0) is 20.0. The second-order valence-corrected chi connectivity index (χ2v) is 8.69. The number of aromatic nitrogens is 1. The van der Waals surface area contributed by atoms with Crippen LogP contribution in [-0.4, -0.2) is 0 Å². The molecule has 28 heavy (non-hydrogen) atoms. The first-order valence-electron chi connectivity index (χ1n) is 10.3. The van der Waals surface area contributed by atoms with Crippen molar-refractivity contribution in [1.29, 1.82) is 0 Å². The van der Waals surface area contributed by atoms with Crippen molar-refractivity contribution in [2.24, 2.45) is 7.05 Å². The van der Waals surface area contributed by atoms with Gasteiger partial charge in [-0.15, -0.1) is 0 Å². The van der Waals surface area contributed by atoms with Crippen LogP contribution in [0.5, 0.6) is 0 Å². The normalized spacial score (nSPS) is 11.9. The zero-order valence-electron chi connectivity index (χ0n) is 17.9. The van der Waals surface area contributed by atoms with E-state index in [0.717, 1.165) is 0 Å². The second-order valence-electron chi connectivity index (χ2n) is 8.69. The van der Waals surface area contributed by atoms with Crippen LogP contribution in [0.2, 0.25) is 0 Å². The summed E-state index contributed by atoms with van der Waals surface area (Å²) in [6.45, 7) is 11.4. The molecule has 0 amide bonds. The van der Waals surface area contributed by atoms with Gasteiger partial charge in [-0.2, -0.15) is 0 Å². The molecule has 0 unspecified atom stereocenters. The zero-order valence-corrected chi connectivity index (χ0v) is 17.9. The summed E-state index contributed by atoms with van der Waals surface area (Å²) < 4.78 is 2.29. The minimum absolute atomic E-state index is 0.520. The molecule has 4 aromatic rings. The molecule has 3 aromatic carbocycles. The molecule has 0 atom stereocenters. The van der Waals surface area contributed by atoms with Crippen LogP contribution in [0.15, 0.2) is 60.8 Å². The molecular weight excluding hydrogens is 338 g/mol. The fourth-order valence-corrected chi connectivity index (χ4v) is 4.27. The Kier molecular flexibility index (Phi) is 4.71. The van der Waals surface area contributed by atoms with Gasteiger partial charge in [0.05, 0.1) is 0 Å². The average Bonchev–Trinajstić information content (AvgIpc) is 2.66. The second kappa shape index (κ2) is 7.05. The summed E-state index contributed by atoms with van der Waals surface area (Å²) in [5.74, 6) is 1.04. The van der Waals surface area contributed by atoms with Crippen molar-refractivity contribution in [2.75, 3.05) is 0 Å². The number of aryl methyl sites for hydroxylation is 1. The van der Waals surface area contributed by atoms with E-state index >= 15 is 0 Å². The number of nitrogens with zero attached hydrogens (tertiary/aromatic N) is 1. The van der Waals surface area contributed by atoms with Crippen molar-refractivity contribution in [3.63, 3.8) is 0 Å². The van der Waals surface area contributed by atoms with Gasteiger partial charge in [0.25, 0.3) is 0 Å². The first-order chi connectivity index (χ1) is 13.3. The third-order valence-electron chi connectivity index (χ3n) is 5.99. The summed E-state index contributed by atoms with van der Waals surface area (Å²) in [6, 6.07) is 20.4. The first-order valence-corrected chi connectivity index (χ1v) is 10.3. The van der Waals surface area contributed by atoms with Gasteiger partial charge in [0, 0.05) is 17.0 Å². The van der Waals surface area contributed by atoms with Gasteiger partial charge < -0.3 is 0 Å². The maximum absolute atomic E-state index is 2.41. The highest BCUT2D eigenvalue weighted by molar-refractivity contribution is 5.98. The maximum atomic E-state index is 2.41. The van der Waals surface area contributed by atoms with E-state index in [-0.39, 0.29) is 0 Å². The van der Waals surface area contributed by atoms with E-state index in [1.165, 1.54) is 49.5 Å². The standard InChI is InChI=1S/C27H30N/c1-17(2)22-13-25(18(3)4)19(5)26(14-22)27-15-23-11-20-9-7-8-10-21(20)12-24(23)16-28(27)6/h7-18H,1-6H3/q+1. The van der Waals surface area contributed by atoms with Crippen LogP contribution < -0.4 is 4.57 Å². The third-order valence-corrected chi connectivity index (χ3v) is 5.99. The molecule has 0 aliphatic rings. The molecule has 0 saturated heterocycles. The number of hydrogen-bond donors (Lipinski definition) is 0. The Hall–Kier alpha value is -2.67. The van der Waals surface area contributed by atoms with Crippen LogP contribution in [0.4, 0.5) is 0 Å². The van der Waals surface area contributed by atoms with E-state index < -0.39 is 0 Å². The number of pyridine rings is 1. The molecule has 1 nitrogen and oxygen atoms in total. The Bertz CT molecular complexity index is 1180. The van der Waals surface area contributed by atoms with Gasteiger partial charge in [-0.05, 0) is 69.8 Å². The third kappa shape index (κ3) is 3.20. The summed E-state index contributed by atoms with van der Waals surface area (Å²) in [4.78, 5) is 0. The molecule has 0 radical (unpaired) electrons. The fraction of sp³-hybridized carbons (Fsp3) is 0.296. The molecule has 0 aliphatic heterocycles. The average molecular weight is 369 g/mol. The van der Waals surface area contributed by atoms with Gasteiger partial charge in [0.2, 0.25) is 5.69 Å². The molecule has 0 N–H and O–H groups in total. The monoisotopic (exact) mass is 368 g/mol. The van der Waals surface area contributed by atoms with E-state index in [2.05, 4.69) is 107 Å². The van der Waals surface area contributed by atoms with Gasteiger partial charge in [0.1, 0.15) is 7.05 Å². The molecule has 1 aromatic heterocycles. The van der Waals surface area contributed by atoms with Crippen molar-refractivity contribution in [3.05, 3.63) is 77.5 Å². The Morgan fingerprint density at radius 2 is 1.36 bits per heavy atom. The summed E-state index contributed by atoms with van der Waals surface area (Å²) in [7, 11) is 2.17. The lowest BCUT2D eigenvalue weighted by molar-refractivity contribution is -0.659. The van der Waals surface area contributed by atoms with Crippen LogP contribution >= 0.6 is 0 Å². The van der Waals surface area contributed by atoms with Crippen LogP contribution in [0.25, 0.3) is 32.8 Å². The highest BCUT2D eigenvalue weighted by Gasteiger charge is 2.19. The molecule has 0 aliphatic carbocycles. The Morgan fingerprint density at radius 1 is 0.714 bits per heavy atom. The quantitative estimate of drug-likeness (QED) is 0.270. The molecule has 1 heteroatoms. The van der Waals surface area contributed by atoms with E-state index in [1.54, 1.807) is 0 Å². The van der Waals surface area contributed by atoms with Gasteiger partial charge in [0.15, 0.2) is 6.20 Å². The topological polar surface area (TPSA) is 3.88 Å². The molecule has 4 rings (SSSR count). The predicted octanol–water partition coefficient (Wildman–Crippen LogP) is 7.04. The Morgan fingerprint density at radius 3 is 1.96 bits per heavy atom. The molecule has 142 valence electrons. The Balaban J connectivity index is 2.00. The SMILES string of the molecule is Cc1c(-c2cc3cc4ccccc4cc3c[n+]2C)cc(C(C)C)cc1C(C)C.